The number of esters is 1. The molecule has 5 nitrogen and oxygen atoms in total. The summed E-state index contributed by atoms with van der Waals surface area (Å²) in [6, 6.07) is 17.9. The van der Waals surface area contributed by atoms with E-state index in [-0.39, 0.29) is 17.9 Å². The summed E-state index contributed by atoms with van der Waals surface area (Å²) in [5.41, 5.74) is 3.12. The number of rotatable bonds is 6. The number of aryl methyl sites for hydroxylation is 1. The van der Waals surface area contributed by atoms with E-state index in [1.54, 1.807) is 0 Å². The molecule has 0 bridgehead atoms. The number of para-hydroxylation sites is 2. The van der Waals surface area contributed by atoms with E-state index in [2.05, 4.69) is 20.9 Å². The zero-order valence-electron chi connectivity index (χ0n) is 14.8. The van der Waals surface area contributed by atoms with Crippen LogP contribution in [0.1, 0.15) is 24.4 Å². The molecule has 0 aliphatic carbocycles. The van der Waals surface area contributed by atoms with Crippen LogP contribution in [0.5, 0.6) is 0 Å². The van der Waals surface area contributed by atoms with Gasteiger partial charge in [0.05, 0.1) is 30.6 Å². The van der Waals surface area contributed by atoms with Gasteiger partial charge >= 0.3 is 5.97 Å². The molecular weight excluding hydrogens is 314 g/mol. The zero-order chi connectivity index (χ0) is 17.8. The predicted molar refractivity (Wildman–Crippen MR) is 97.9 cm³/mol. The molecule has 1 N–H and O–H groups in total. The van der Waals surface area contributed by atoms with Crippen LogP contribution < -0.4 is 5.32 Å². The quantitative estimate of drug-likeness (QED) is 0.702. The van der Waals surface area contributed by atoms with Gasteiger partial charge in [-0.3, -0.25) is 4.79 Å². The number of methoxy groups -OCH3 is 1. The Morgan fingerprint density at radius 3 is 2.52 bits per heavy atom. The Morgan fingerprint density at radius 2 is 1.84 bits per heavy atom. The number of ether oxygens (including phenoxy) is 1. The molecule has 2 atom stereocenters. The van der Waals surface area contributed by atoms with Crippen molar-refractivity contribution in [1.29, 1.82) is 0 Å². The summed E-state index contributed by atoms with van der Waals surface area (Å²) < 4.78 is 7.02. The van der Waals surface area contributed by atoms with E-state index in [1.807, 2.05) is 62.5 Å². The van der Waals surface area contributed by atoms with E-state index in [1.165, 1.54) is 7.11 Å². The van der Waals surface area contributed by atoms with Crippen molar-refractivity contribution >= 4 is 17.0 Å². The second-order valence-corrected chi connectivity index (χ2v) is 6.16. The highest BCUT2D eigenvalue weighted by atomic mass is 16.5. The second kappa shape index (κ2) is 7.49. The molecular formula is C20H23N3O2. The van der Waals surface area contributed by atoms with Gasteiger partial charge in [-0.25, -0.2) is 4.98 Å². The normalized spacial score (nSPS) is 13.6. The zero-order valence-corrected chi connectivity index (χ0v) is 14.8. The molecule has 0 radical (unpaired) electrons. The SMILES string of the molecule is COC(=O)[C@@H](C)[C@@H](NCc1nc2ccccc2n1C)c1ccccc1. The van der Waals surface area contributed by atoms with Crippen molar-refractivity contribution in [3.05, 3.63) is 66.0 Å². The van der Waals surface area contributed by atoms with Crippen molar-refractivity contribution < 1.29 is 9.53 Å². The van der Waals surface area contributed by atoms with Crippen molar-refractivity contribution in [2.75, 3.05) is 7.11 Å². The number of fused-ring (bicyclic) bond motifs is 1. The largest absolute Gasteiger partial charge is 0.469 e. The first-order chi connectivity index (χ1) is 12.1. The molecule has 130 valence electrons. The van der Waals surface area contributed by atoms with E-state index < -0.39 is 0 Å². The molecule has 0 saturated heterocycles. The van der Waals surface area contributed by atoms with Crippen molar-refractivity contribution in [2.45, 2.75) is 19.5 Å². The van der Waals surface area contributed by atoms with E-state index >= 15 is 0 Å². The summed E-state index contributed by atoms with van der Waals surface area (Å²) in [5, 5.41) is 3.48. The number of carbonyl (C=O) groups is 1. The number of aromatic nitrogens is 2. The topological polar surface area (TPSA) is 56.1 Å². The number of hydrogen-bond acceptors (Lipinski definition) is 4. The lowest BCUT2D eigenvalue weighted by molar-refractivity contribution is -0.146. The van der Waals surface area contributed by atoms with Gasteiger partial charge in [-0.05, 0) is 17.7 Å². The Hall–Kier alpha value is -2.66. The van der Waals surface area contributed by atoms with Crippen molar-refractivity contribution in [3.63, 3.8) is 0 Å². The van der Waals surface area contributed by atoms with Crippen molar-refractivity contribution in [3.8, 4) is 0 Å². The highest BCUT2D eigenvalue weighted by Crippen LogP contribution is 2.24. The fraction of sp³-hybridized carbons (Fsp3) is 0.300. The second-order valence-electron chi connectivity index (χ2n) is 6.16. The number of nitrogens with one attached hydrogen (secondary N) is 1. The molecule has 0 aliphatic rings. The molecule has 0 amide bonds. The van der Waals surface area contributed by atoms with Gasteiger partial charge in [-0.2, -0.15) is 0 Å². The highest BCUT2D eigenvalue weighted by Gasteiger charge is 2.26. The maximum Gasteiger partial charge on any atom is 0.310 e. The van der Waals surface area contributed by atoms with Crippen LogP contribution in [0, 0.1) is 5.92 Å². The first-order valence-electron chi connectivity index (χ1n) is 8.38. The average molecular weight is 337 g/mol. The van der Waals surface area contributed by atoms with Crippen LogP contribution in [0.2, 0.25) is 0 Å². The molecule has 0 fully saturated rings. The van der Waals surface area contributed by atoms with E-state index in [0.717, 1.165) is 22.4 Å². The number of nitrogens with zero attached hydrogens (tertiary/aromatic N) is 2. The van der Waals surface area contributed by atoms with Gasteiger partial charge < -0.3 is 14.6 Å². The Morgan fingerprint density at radius 1 is 1.16 bits per heavy atom. The number of carbonyl (C=O) groups excluding carboxylic acids is 1. The molecule has 25 heavy (non-hydrogen) atoms. The minimum absolute atomic E-state index is 0.145. The van der Waals surface area contributed by atoms with Gasteiger partial charge in [-0.1, -0.05) is 49.4 Å². The predicted octanol–water partition coefficient (Wildman–Crippen LogP) is 3.21. The average Bonchev–Trinajstić information content (AvgIpc) is 2.98. The number of hydrogen-bond donors (Lipinski definition) is 1. The molecule has 0 saturated carbocycles. The lowest BCUT2D eigenvalue weighted by Gasteiger charge is -2.24. The third-order valence-electron chi connectivity index (χ3n) is 4.59. The summed E-state index contributed by atoms with van der Waals surface area (Å²) in [6.45, 7) is 2.44. The Balaban J connectivity index is 1.85. The van der Waals surface area contributed by atoms with Gasteiger partial charge in [0.25, 0.3) is 0 Å². The molecule has 5 heteroatoms. The maximum absolute atomic E-state index is 12.1. The van der Waals surface area contributed by atoms with E-state index in [4.69, 9.17) is 4.74 Å². The van der Waals surface area contributed by atoms with Gasteiger partial charge in [0.2, 0.25) is 0 Å². The lowest BCUT2D eigenvalue weighted by atomic mass is 9.94. The van der Waals surface area contributed by atoms with Crippen LogP contribution in [0.15, 0.2) is 54.6 Å². The summed E-state index contributed by atoms with van der Waals surface area (Å²) >= 11 is 0. The molecule has 0 spiro atoms. The first kappa shape index (κ1) is 17.2. The Bertz CT molecular complexity index is 858. The van der Waals surface area contributed by atoms with Crippen LogP contribution in [-0.4, -0.2) is 22.6 Å². The number of benzene rings is 2. The third kappa shape index (κ3) is 3.56. The van der Waals surface area contributed by atoms with Crippen LogP contribution >= 0.6 is 0 Å². The molecule has 3 rings (SSSR count). The van der Waals surface area contributed by atoms with Gasteiger partial charge in [0.1, 0.15) is 5.82 Å². The van der Waals surface area contributed by atoms with Crippen LogP contribution in [-0.2, 0) is 23.1 Å². The first-order valence-corrected chi connectivity index (χ1v) is 8.38. The standard InChI is InChI=1S/C20H23N3O2/c1-14(20(24)25-3)19(15-9-5-4-6-10-15)21-13-18-22-16-11-7-8-12-17(16)23(18)2/h4-12,14,19,21H,13H2,1-3H3/t14-,19+/m0/s1. The van der Waals surface area contributed by atoms with Gasteiger partial charge in [0, 0.05) is 13.1 Å². The molecule has 1 aromatic heterocycles. The Labute approximate surface area is 147 Å². The lowest BCUT2D eigenvalue weighted by Crippen LogP contribution is -2.32. The smallest absolute Gasteiger partial charge is 0.310 e. The van der Waals surface area contributed by atoms with Crippen LogP contribution in [0.4, 0.5) is 0 Å². The monoisotopic (exact) mass is 337 g/mol. The molecule has 0 unspecified atom stereocenters. The van der Waals surface area contributed by atoms with Crippen molar-refractivity contribution in [1.82, 2.24) is 14.9 Å². The van der Waals surface area contributed by atoms with Gasteiger partial charge in [0.15, 0.2) is 0 Å². The summed E-state index contributed by atoms with van der Waals surface area (Å²) in [7, 11) is 3.43. The number of imidazole rings is 1. The fourth-order valence-electron chi connectivity index (χ4n) is 3.12. The van der Waals surface area contributed by atoms with Crippen LogP contribution in [0.3, 0.4) is 0 Å². The van der Waals surface area contributed by atoms with E-state index in [9.17, 15) is 4.79 Å². The summed E-state index contributed by atoms with van der Waals surface area (Å²) in [5.74, 6) is 0.396. The minimum atomic E-state index is -0.304. The van der Waals surface area contributed by atoms with Gasteiger partial charge in [-0.15, -0.1) is 0 Å². The molecule has 1 heterocycles. The van der Waals surface area contributed by atoms with E-state index in [0.29, 0.717) is 6.54 Å². The minimum Gasteiger partial charge on any atom is -0.469 e. The molecule has 2 aromatic carbocycles. The van der Waals surface area contributed by atoms with Crippen LogP contribution in [0.25, 0.3) is 11.0 Å². The fourth-order valence-corrected chi connectivity index (χ4v) is 3.12. The maximum atomic E-state index is 12.1. The molecule has 0 aliphatic heterocycles. The third-order valence-corrected chi connectivity index (χ3v) is 4.59. The van der Waals surface area contributed by atoms with Crippen molar-refractivity contribution in [2.24, 2.45) is 13.0 Å². The Kier molecular flexibility index (Phi) is 5.14. The highest BCUT2D eigenvalue weighted by molar-refractivity contribution is 5.75. The summed E-state index contributed by atoms with van der Waals surface area (Å²) in [4.78, 5) is 16.7. The summed E-state index contributed by atoms with van der Waals surface area (Å²) in [6.07, 6.45) is 0. The molecule has 3 aromatic rings.